The Morgan fingerprint density at radius 1 is 1.17 bits per heavy atom. The van der Waals surface area contributed by atoms with Gasteiger partial charge in [0.15, 0.2) is 0 Å². The average Bonchev–Trinajstić information content (AvgIpc) is 2.52. The van der Waals surface area contributed by atoms with Crippen molar-refractivity contribution >= 4 is 22.8 Å². The van der Waals surface area contributed by atoms with E-state index in [-0.39, 0.29) is 5.56 Å². The van der Waals surface area contributed by atoms with E-state index in [1.54, 1.807) is 13.0 Å². The zero-order valence-electron chi connectivity index (χ0n) is 14.0. The minimum atomic E-state index is -0.182. The van der Waals surface area contributed by atoms with Crippen molar-refractivity contribution in [3.8, 4) is 0 Å². The van der Waals surface area contributed by atoms with Gasteiger partial charge in [-0.15, -0.1) is 6.58 Å². The molecular formula is C18H19N5O. The van der Waals surface area contributed by atoms with Crippen LogP contribution in [-0.2, 0) is 6.42 Å². The molecule has 6 heteroatoms. The first kappa shape index (κ1) is 15.9. The maximum Gasteiger partial charge on any atom is 0.256 e. The zero-order valence-corrected chi connectivity index (χ0v) is 14.0. The second-order valence-electron chi connectivity index (χ2n) is 5.70. The van der Waals surface area contributed by atoms with E-state index in [2.05, 4.69) is 31.8 Å². The Morgan fingerprint density at radius 2 is 1.96 bits per heavy atom. The monoisotopic (exact) mass is 321 g/mol. The Bertz CT molecular complexity index is 991. The molecule has 0 saturated carbocycles. The molecule has 0 fully saturated rings. The fraction of sp³-hybridized carbons (Fsp3) is 0.222. The Balaban J connectivity index is 2.03. The molecule has 0 bridgehead atoms. The van der Waals surface area contributed by atoms with E-state index in [9.17, 15) is 4.79 Å². The van der Waals surface area contributed by atoms with Crippen molar-refractivity contribution in [1.29, 1.82) is 0 Å². The lowest BCUT2D eigenvalue weighted by Crippen LogP contribution is -2.18. The molecule has 3 aromatic rings. The summed E-state index contributed by atoms with van der Waals surface area (Å²) in [4.78, 5) is 28.3. The third kappa shape index (κ3) is 2.90. The Morgan fingerprint density at radius 3 is 2.67 bits per heavy atom. The number of aromatic amines is 1. The molecule has 0 spiro atoms. The van der Waals surface area contributed by atoms with Gasteiger partial charge in [0.1, 0.15) is 0 Å². The van der Waals surface area contributed by atoms with Gasteiger partial charge < -0.3 is 0 Å². The van der Waals surface area contributed by atoms with Crippen LogP contribution < -0.4 is 10.9 Å². The number of nitrogens with zero attached hydrogens (tertiary/aromatic N) is 3. The number of rotatable bonds is 4. The highest BCUT2D eigenvalue weighted by Crippen LogP contribution is 2.21. The van der Waals surface area contributed by atoms with Crippen molar-refractivity contribution in [2.75, 3.05) is 5.32 Å². The van der Waals surface area contributed by atoms with Crippen LogP contribution in [-0.4, -0.2) is 19.9 Å². The van der Waals surface area contributed by atoms with E-state index in [4.69, 9.17) is 0 Å². The van der Waals surface area contributed by atoms with Crippen LogP contribution in [0.1, 0.15) is 22.5 Å². The Kier molecular flexibility index (Phi) is 4.12. The van der Waals surface area contributed by atoms with Crippen molar-refractivity contribution in [1.82, 2.24) is 19.9 Å². The molecule has 2 heterocycles. The number of para-hydroxylation sites is 1. The standard InChI is InChI=1S/C18H19N5O/c1-5-7-14-12(4)20-18(22-16(14)24)23-17-19-11(3)13-9-6-8-10(2)15(13)21-17/h5-6,8-9H,1,7H2,2-4H3,(H2,19,20,21,22,23,24). The second-order valence-corrected chi connectivity index (χ2v) is 5.70. The van der Waals surface area contributed by atoms with E-state index in [1.165, 1.54) is 0 Å². The van der Waals surface area contributed by atoms with Gasteiger partial charge in [-0.1, -0.05) is 24.3 Å². The van der Waals surface area contributed by atoms with Gasteiger partial charge in [0.2, 0.25) is 11.9 Å². The largest absolute Gasteiger partial charge is 0.294 e. The van der Waals surface area contributed by atoms with E-state index in [0.717, 1.165) is 22.2 Å². The molecule has 0 aliphatic heterocycles. The van der Waals surface area contributed by atoms with Gasteiger partial charge in [0.05, 0.1) is 16.9 Å². The molecule has 0 aliphatic carbocycles. The number of allylic oxidation sites excluding steroid dienone is 1. The number of anilines is 2. The first-order valence-electron chi connectivity index (χ1n) is 7.71. The zero-order chi connectivity index (χ0) is 17.3. The summed E-state index contributed by atoms with van der Waals surface area (Å²) in [5, 5.41) is 4.01. The highest BCUT2D eigenvalue weighted by Gasteiger charge is 2.10. The van der Waals surface area contributed by atoms with E-state index >= 15 is 0 Å². The maximum atomic E-state index is 12.2. The molecule has 1 aromatic carbocycles. The fourth-order valence-corrected chi connectivity index (χ4v) is 2.67. The third-order valence-electron chi connectivity index (χ3n) is 3.92. The quantitative estimate of drug-likeness (QED) is 0.721. The molecule has 6 nitrogen and oxygen atoms in total. The van der Waals surface area contributed by atoms with Gasteiger partial charge in [0, 0.05) is 10.9 Å². The van der Waals surface area contributed by atoms with Crippen molar-refractivity contribution in [2.24, 2.45) is 0 Å². The molecule has 2 aromatic heterocycles. The molecule has 0 radical (unpaired) electrons. The summed E-state index contributed by atoms with van der Waals surface area (Å²) in [6.45, 7) is 9.40. The van der Waals surface area contributed by atoms with Crippen molar-refractivity contribution in [3.05, 3.63) is 63.7 Å². The first-order valence-corrected chi connectivity index (χ1v) is 7.71. The van der Waals surface area contributed by atoms with Gasteiger partial charge in [-0.05, 0) is 32.8 Å². The predicted molar refractivity (Wildman–Crippen MR) is 95.8 cm³/mol. The van der Waals surface area contributed by atoms with Crippen LogP contribution >= 0.6 is 0 Å². The molecule has 0 aliphatic rings. The maximum absolute atomic E-state index is 12.2. The summed E-state index contributed by atoms with van der Waals surface area (Å²) >= 11 is 0. The van der Waals surface area contributed by atoms with Crippen LogP contribution in [0.2, 0.25) is 0 Å². The fourth-order valence-electron chi connectivity index (χ4n) is 2.67. The minimum Gasteiger partial charge on any atom is -0.294 e. The van der Waals surface area contributed by atoms with Crippen molar-refractivity contribution < 1.29 is 0 Å². The molecule has 0 atom stereocenters. The van der Waals surface area contributed by atoms with Crippen molar-refractivity contribution in [2.45, 2.75) is 27.2 Å². The number of hydrogen-bond donors (Lipinski definition) is 2. The third-order valence-corrected chi connectivity index (χ3v) is 3.92. The predicted octanol–water partition coefficient (Wildman–Crippen LogP) is 3.11. The topological polar surface area (TPSA) is 83.6 Å². The van der Waals surface area contributed by atoms with E-state index in [0.29, 0.717) is 29.6 Å². The molecule has 24 heavy (non-hydrogen) atoms. The summed E-state index contributed by atoms with van der Waals surface area (Å²) in [5.74, 6) is 0.742. The van der Waals surface area contributed by atoms with Crippen molar-refractivity contribution in [3.63, 3.8) is 0 Å². The van der Waals surface area contributed by atoms with Gasteiger partial charge in [-0.3, -0.25) is 15.1 Å². The van der Waals surface area contributed by atoms with Crippen LogP contribution in [0.4, 0.5) is 11.9 Å². The molecular weight excluding hydrogens is 302 g/mol. The molecule has 0 unspecified atom stereocenters. The van der Waals surface area contributed by atoms with Gasteiger partial charge in [-0.2, -0.15) is 0 Å². The highest BCUT2D eigenvalue weighted by atomic mass is 16.1. The number of aromatic nitrogens is 4. The lowest BCUT2D eigenvalue weighted by atomic mass is 10.1. The summed E-state index contributed by atoms with van der Waals surface area (Å²) in [5.41, 5.74) is 3.92. The second kappa shape index (κ2) is 6.23. The van der Waals surface area contributed by atoms with Gasteiger partial charge >= 0.3 is 0 Å². The molecule has 0 amide bonds. The van der Waals surface area contributed by atoms with Crippen LogP contribution in [0.25, 0.3) is 10.9 Å². The molecule has 0 saturated heterocycles. The number of H-pyrrole nitrogens is 1. The number of nitrogens with one attached hydrogen (secondary N) is 2. The highest BCUT2D eigenvalue weighted by molar-refractivity contribution is 5.84. The van der Waals surface area contributed by atoms with Crippen LogP contribution in [0.5, 0.6) is 0 Å². The summed E-state index contributed by atoms with van der Waals surface area (Å²) in [7, 11) is 0. The number of fused-ring (bicyclic) bond motifs is 1. The number of hydrogen-bond acceptors (Lipinski definition) is 5. The van der Waals surface area contributed by atoms with Crippen LogP contribution in [0.3, 0.4) is 0 Å². The van der Waals surface area contributed by atoms with Gasteiger partial charge in [0.25, 0.3) is 5.56 Å². The number of aryl methyl sites for hydroxylation is 3. The van der Waals surface area contributed by atoms with Crippen LogP contribution in [0, 0.1) is 20.8 Å². The Labute approximate surface area is 139 Å². The normalized spacial score (nSPS) is 10.8. The SMILES string of the molecule is C=CCc1c(C)nc(Nc2nc(C)c3cccc(C)c3n2)[nH]c1=O. The summed E-state index contributed by atoms with van der Waals surface area (Å²) < 4.78 is 0. The van der Waals surface area contributed by atoms with Gasteiger partial charge in [-0.25, -0.2) is 15.0 Å². The van der Waals surface area contributed by atoms with E-state index in [1.807, 2.05) is 32.0 Å². The average molecular weight is 321 g/mol. The summed E-state index contributed by atoms with van der Waals surface area (Å²) in [6.07, 6.45) is 2.17. The molecule has 122 valence electrons. The first-order chi connectivity index (χ1) is 11.5. The van der Waals surface area contributed by atoms with Crippen LogP contribution in [0.15, 0.2) is 35.6 Å². The Hall–Kier alpha value is -3.02. The lowest BCUT2D eigenvalue weighted by Gasteiger charge is -2.10. The minimum absolute atomic E-state index is 0.182. The smallest absolute Gasteiger partial charge is 0.256 e. The summed E-state index contributed by atoms with van der Waals surface area (Å²) in [6, 6.07) is 5.99. The van der Waals surface area contributed by atoms with E-state index < -0.39 is 0 Å². The lowest BCUT2D eigenvalue weighted by molar-refractivity contribution is 0.990. The molecule has 2 N–H and O–H groups in total. The molecule has 3 rings (SSSR count). The number of benzene rings is 1.